The van der Waals surface area contributed by atoms with Crippen molar-refractivity contribution in [1.82, 2.24) is 9.80 Å². The van der Waals surface area contributed by atoms with Crippen molar-refractivity contribution in [2.24, 2.45) is 17.6 Å². The van der Waals surface area contributed by atoms with E-state index in [1.807, 2.05) is 0 Å². The van der Waals surface area contributed by atoms with E-state index in [1.54, 1.807) is 36.9 Å². The number of aliphatic hydroxyl groups excluding tert-OH is 2. The Labute approximate surface area is 226 Å². The number of allylic oxidation sites excluding steroid dienone is 1. The average molecular weight is 550 g/mol. The molecule has 0 saturated carbocycles. The summed E-state index contributed by atoms with van der Waals surface area (Å²) in [7, 11) is 3.37. The number of aromatic hydroxyl groups is 1. The lowest BCUT2D eigenvalue weighted by molar-refractivity contribution is -0.120. The lowest BCUT2D eigenvalue weighted by atomic mass is 9.60. The minimum absolute atomic E-state index is 0.0194. The Morgan fingerprint density at radius 3 is 2.38 bits per heavy atom. The van der Waals surface area contributed by atoms with Crippen LogP contribution in [0.15, 0.2) is 34.8 Å². The largest absolute Gasteiger partial charge is 0.511 e. The maximum Gasteiger partial charge on any atom is 0.261 e. The topological polar surface area (TPSA) is 148 Å². The fourth-order valence-corrected chi connectivity index (χ4v) is 6.84. The first kappa shape index (κ1) is 29.0. The van der Waals surface area contributed by atoms with Gasteiger partial charge in [0.05, 0.1) is 29.6 Å². The number of carbonyl (C=O) groups is 2. The molecule has 9 nitrogen and oxygen atoms in total. The first-order valence-corrected chi connectivity index (χ1v) is 13.1. The summed E-state index contributed by atoms with van der Waals surface area (Å²) < 4.78 is 27.5. The molecule has 214 valence electrons. The van der Waals surface area contributed by atoms with E-state index in [1.165, 1.54) is 13.0 Å². The number of phenols is 1. The van der Waals surface area contributed by atoms with Gasteiger partial charge in [0.25, 0.3) is 11.8 Å². The highest BCUT2D eigenvalue weighted by atomic mass is 19.3. The summed E-state index contributed by atoms with van der Waals surface area (Å²) in [6.45, 7) is 3.07. The van der Waals surface area contributed by atoms with Crippen LogP contribution in [-0.2, 0) is 17.8 Å². The molecule has 2 aliphatic carbocycles. The van der Waals surface area contributed by atoms with Crippen LogP contribution in [0, 0.1) is 11.8 Å². The molecule has 1 fully saturated rings. The molecule has 4 rings (SSSR count). The number of amides is 1. The van der Waals surface area contributed by atoms with Gasteiger partial charge in [0.15, 0.2) is 5.78 Å². The van der Waals surface area contributed by atoms with Crippen LogP contribution in [0.2, 0.25) is 0 Å². The number of ketones is 1. The highest BCUT2D eigenvalue weighted by Gasteiger charge is 2.57. The number of rotatable bonds is 7. The fraction of sp³-hybridized carbons (Fsp3) is 0.571. The Bertz CT molecular complexity index is 1260. The molecule has 0 bridgehead atoms. The van der Waals surface area contributed by atoms with E-state index in [9.17, 15) is 38.8 Å². The number of alkyl halides is 2. The molecule has 11 heteroatoms. The highest BCUT2D eigenvalue weighted by molar-refractivity contribution is 6.12. The summed E-state index contributed by atoms with van der Waals surface area (Å²) in [5, 5.41) is 44.6. The first-order valence-electron chi connectivity index (χ1n) is 13.1. The Kier molecular flexibility index (Phi) is 7.57. The number of likely N-dealkylation sites (N-methyl/N-ethyl adjacent to an activating group) is 1. The normalized spacial score (nSPS) is 29.2. The molecule has 1 saturated heterocycles. The van der Waals surface area contributed by atoms with Crippen LogP contribution < -0.4 is 5.73 Å². The van der Waals surface area contributed by atoms with Crippen molar-refractivity contribution in [3.05, 3.63) is 51.5 Å². The van der Waals surface area contributed by atoms with Gasteiger partial charge in [-0.2, -0.15) is 0 Å². The summed E-state index contributed by atoms with van der Waals surface area (Å²) in [6, 6.07) is 2.23. The molecule has 39 heavy (non-hydrogen) atoms. The number of aliphatic hydroxyl groups is 3. The number of benzene rings is 1. The number of nitrogens with zero attached hydrogens (tertiary/aromatic N) is 2. The number of nitrogens with two attached hydrogens (primary N) is 1. The van der Waals surface area contributed by atoms with Crippen LogP contribution in [0.5, 0.6) is 5.75 Å². The summed E-state index contributed by atoms with van der Waals surface area (Å²) in [5.41, 5.74) is 4.12. The van der Waals surface area contributed by atoms with Crippen LogP contribution in [0.4, 0.5) is 8.78 Å². The molecular formula is C28H37F2N3O6. The van der Waals surface area contributed by atoms with Gasteiger partial charge < -0.3 is 26.2 Å². The molecule has 1 aromatic carbocycles. The number of fused-ring (bicyclic) bond motifs is 1. The quantitative estimate of drug-likeness (QED) is 0.326. The Hall–Kier alpha value is -3.02. The van der Waals surface area contributed by atoms with Gasteiger partial charge in [-0.15, -0.1) is 0 Å². The number of phenolic OH excluding ortho intramolecular Hbond substituents is 1. The minimum Gasteiger partial charge on any atom is -0.511 e. The third kappa shape index (κ3) is 4.92. The van der Waals surface area contributed by atoms with Crippen molar-refractivity contribution < 1.29 is 38.8 Å². The second-order valence-electron chi connectivity index (χ2n) is 11.3. The predicted molar refractivity (Wildman–Crippen MR) is 139 cm³/mol. The molecule has 0 radical (unpaired) electrons. The maximum absolute atomic E-state index is 13.9. The van der Waals surface area contributed by atoms with Crippen molar-refractivity contribution in [3.63, 3.8) is 0 Å². The van der Waals surface area contributed by atoms with Gasteiger partial charge >= 0.3 is 0 Å². The van der Waals surface area contributed by atoms with Gasteiger partial charge in [-0.1, -0.05) is 13.0 Å². The van der Waals surface area contributed by atoms with Crippen LogP contribution >= 0.6 is 0 Å². The van der Waals surface area contributed by atoms with E-state index in [2.05, 4.69) is 0 Å². The number of hydrogen-bond donors (Lipinski definition) is 5. The highest BCUT2D eigenvalue weighted by Crippen LogP contribution is 2.51. The number of Topliss-reactive ketones (excluding diaryl/α,β-unsaturated/α-hetero) is 1. The minimum atomic E-state index is -2.77. The summed E-state index contributed by atoms with van der Waals surface area (Å²) in [6.07, 6.45) is 0.469. The molecule has 0 aromatic heterocycles. The molecule has 0 spiro atoms. The number of halogens is 2. The molecular weight excluding hydrogens is 512 g/mol. The maximum atomic E-state index is 13.9. The van der Waals surface area contributed by atoms with E-state index < -0.39 is 52.4 Å². The Morgan fingerprint density at radius 2 is 1.85 bits per heavy atom. The Morgan fingerprint density at radius 1 is 1.18 bits per heavy atom. The van der Waals surface area contributed by atoms with Gasteiger partial charge in [0.2, 0.25) is 0 Å². The Balaban J connectivity index is 1.78. The van der Waals surface area contributed by atoms with Gasteiger partial charge in [0.1, 0.15) is 22.9 Å². The molecule has 3 aliphatic rings. The van der Waals surface area contributed by atoms with Gasteiger partial charge in [-0.05, 0) is 63.4 Å². The molecule has 2 unspecified atom stereocenters. The molecule has 1 heterocycles. The predicted octanol–water partition coefficient (Wildman–Crippen LogP) is 2.81. The van der Waals surface area contributed by atoms with Gasteiger partial charge in [-0.25, -0.2) is 8.78 Å². The lowest BCUT2D eigenvalue weighted by Gasteiger charge is -2.50. The van der Waals surface area contributed by atoms with Crippen molar-refractivity contribution in [3.8, 4) is 5.75 Å². The summed E-state index contributed by atoms with van der Waals surface area (Å²) in [4.78, 5) is 29.5. The van der Waals surface area contributed by atoms with Crippen molar-refractivity contribution >= 4 is 11.7 Å². The van der Waals surface area contributed by atoms with E-state index in [-0.39, 0.29) is 61.5 Å². The molecule has 6 N–H and O–H groups in total. The zero-order valence-electron chi connectivity index (χ0n) is 22.7. The SMILES string of the molecule is CCc1c(CN2CCC(F)(F)C2)ccc(O)c1C(=O)C1=C(O)C2C(CC1)[C@H](N(C)C)C(O)=C(C(N)=O)[C@@]2(C)O. The molecule has 1 amide bonds. The third-order valence-electron chi connectivity index (χ3n) is 8.50. The average Bonchev–Trinajstić information content (AvgIpc) is 3.16. The van der Waals surface area contributed by atoms with Crippen LogP contribution in [0.1, 0.15) is 54.6 Å². The first-order chi connectivity index (χ1) is 18.1. The summed E-state index contributed by atoms with van der Waals surface area (Å²) >= 11 is 0. The lowest BCUT2D eigenvalue weighted by Crippen LogP contribution is -2.58. The second kappa shape index (κ2) is 10.2. The monoisotopic (exact) mass is 549 g/mol. The third-order valence-corrected chi connectivity index (χ3v) is 8.50. The van der Waals surface area contributed by atoms with Crippen LogP contribution in [0.3, 0.4) is 0 Å². The smallest absolute Gasteiger partial charge is 0.261 e. The van der Waals surface area contributed by atoms with Crippen molar-refractivity contribution in [2.75, 3.05) is 27.2 Å². The zero-order chi connectivity index (χ0) is 29.0. The second-order valence-corrected chi connectivity index (χ2v) is 11.3. The van der Waals surface area contributed by atoms with Crippen molar-refractivity contribution in [2.45, 2.75) is 63.6 Å². The van der Waals surface area contributed by atoms with E-state index >= 15 is 0 Å². The number of hydrogen-bond acceptors (Lipinski definition) is 8. The van der Waals surface area contributed by atoms with Crippen molar-refractivity contribution in [1.29, 1.82) is 0 Å². The molecule has 1 aliphatic heterocycles. The zero-order valence-corrected chi connectivity index (χ0v) is 22.7. The van der Waals surface area contributed by atoms with Gasteiger partial charge in [-0.3, -0.25) is 19.4 Å². The van der Waals surface area contributed by atoms with Gasteiger partial charge in [0, 0.05) is 25.1 Å². The van der Waals surface area contributed by atoms with Crippen LogP contribution in [0.25, 0.3) is 0 Å². The van der Waals surface area contributed by atoms with E-state index in [0.717, 1.165) is 0 Å². The standard InChI is InChI=1S/C28H37F2N3O6/c1-5-15-14(12-33-11-10-28(29,30)13-33)6-9-18(34)19(15)23(35)17-8-7-16-20(24(17)36)27(2,39)21(26(31)38)25(37)22(16)32(3)4/h6,9,16,20,22,34,36-37,39H,5,7-8,10-13H2,1-4H3,(H2,31,38)/t16?,20?,22-,27-/m0/s1. The molecule has 4 atom stereocenters. The number of carbonyl (C=O) groups excluding carboxylic acids is 2. The fourth-order valence-electron chi connectivity index (χ4n) is 6.84. The van der Waals surface area contributed by atoms with E-state index in [0.29, 0.717) is 17.5 Å². The van der Waals surface area contributed by atoms with E-state index in [4.69, 9.17) is 5.73 Å². The molecule has 1 aromatic rings. The van der Waals surface area contributed by atoms with Crippen LogP contribution in [-0.4, -0.2) is 86.7 Å². The number of primary amides is 1. The summed E-state index contributed by atoms with van der Waals surface area (Å²) in [5.74, 6) is -7.21. The number of likely N-dealkylation sites (tertiary alicyclic amines) is 1.